The molecule has 0 bridgehead atoms. The zero-order chi connectivity index (χ0) is 15.3. The largest absolute Gasteiger partial charge is 0.418 e. The summed E-state index contributed by atoms with van der Waals surface area (Å²) in [6.07, 6.45) is -4.46. The molecule has 1 amide bonds. The normalized spacial score (nSPS) is 18.0. The van der Waals surface area contributed by atoms with E-state index >= 15 is 0 Å². The van der Waals surface area contributed by atoms with Crippen LogP contribution in [0.2, 0.25) is 0 Å². The van der Waals surface area contributed by atoms with Gasteiger partial charge in [-0.1, -0.05) is 6.07 Å². The number of para-hydroxylation sites is 1. The van der Waals surface area contributed by atoms with Crippen LogP contribution < -0.4 is 10.2 Å². The number of carbonyl (C=O) groups is 1. The third-order valence-corrected chi connectivity index (χ3v) is 3.50. The van der Waals surface area contributed by atoms with Gasteiger partial charge in [-0.2, -0.15) is 13.2 Å². The molecule has 1 aliphatic heterocycles. The minimum Gasteiger partial charge on any atom is -0.353 e. The monoisotopic (exact) mass is 286 g/mol. The standard InChI is InChI=1S/C14H17F3N2O/c1-8(2)19-11-9(14(15,16)17)6-5-7-10(11)18-12(20)13(19,3)4/h5-8H,1-4H3,(H,18,20). The molecule has 0 saturated heterocycles. The van der Waals surface area contributed by atoms with Crippen LogP contribution in [-0.2, 0) is 11.0 Å². The van der Waals surface area contributed by atoms with E-state index in [0.29, 0.717) is 0 Å². The van der Waals surface area contributed by atoms with Gasteiger partial charge in [0, 0.05) is 6.04 Å². The van der Waals surface area contributed by atoms with E-state index in [1.54, 1.807) is 27.7 Å². The number of rotatable bonds is 1. The Bertz CT molecular complexity index is 550. The first-order valence-electron chi connectivity index (χ1n) is 6.38. The Morgan fingerprint density at radius 3 is 2.35 bits per heavy atom. The van der Waals surface area contributed by atoms with E-state index in [2.05, 4.69) is 5.32 Å². The summed E-state index contributed by atoms with van der Waals surface area (Å²) >= 11 is 0. The summed E-state index contributed by atoms with van der Waals surface area (Å²) in [5.74, 6) is -0.307. The van der Waals surface area contributed by atoms with Crippen LogP contribution >= 0.6 is 0 Å². The molecule has 1 heterocycles. The van der Waals surface area contributed by atoms with E-state index in [4.69, 9.17) is 0 Å². The van der Waals surface area contributed by atoms with Crippen LogP contribution in [0, 0.1) is 0 Å². The highest BCUT2D eigenvalue weighted by molar-refractivity contribution is 6.06. The Labute approximate surface area is 115 Å². The fraction of sp³-hybridized carbons (Fsp3) is 0.500. The number of hydrogen-bond donors (Lipinski definition) is 1. The third kappa shape index (κ3) is 2.13. The number of nitrogens with zero attached hydrogens (tertiary/aromatic N) is 1. The van der Waals surface area contributed by atoms with Gasteiger partial charge < -0.3 is 10.2 Å². The quantitative estimate of drug-likeness (QED) is 0.854. The molecule has 0 spiro atoms. The lowest BCUT2D eigenvalue weighted by Gasteiger charge is -2.47. The Kier molecular flexibility index (Phi) is 3.23. The molecule has 0 saturated carbocycles. The Hall–Kier alpha value is -1.72. The summed E-state index contributed by atoms with van der Waals surface area (Å²) in [6.45, 7) is 6.80. The number of amides is 1. The van der Waals surface area contributed by atoms with Crippen LogP contribution in [0.4, 0.5) is 24.5 Å². The van der Waals surface area contributed by atoms with Gasteiger partial charge in [-0.15, -0.1) is 0 Å². The van der Waals surface area contributed by atoms with Gasteiger partial charge in [0.05, 0.1) is 16.9 Å². The maximum absolute atomic E-state index is 13.2. The second kappa shape index (κ2) is 4.40. The number of hydrogen-bond acceptors (Lipinski definition) is 2. The molecule has 0 radical (unpaired) electrons. The number of halogens is 3. The summed E-state index contributed by atoms with van der Waals surface area (Å²) in [6, 6.07) is 3.60. The Morgan fingerprint density at radius 2 is 1.85 bits per heavy atom. The maximum Gasteiger partial charge on any atom is 0.418 e. The molecule has 0 aliphatic carbocycles. The summed E-state index contributed by atoms with van der Waals surface area (Å²) in [5, 5.41) is 2.57. The summed E-state index contributed by atoms with van der Waals surface area (Å²) < 4.78 is 39.7. The highest BCUT2D eigenvalue weighted by atomic mass is 19.4. The number of nitrogens with one attached hydrogen (secondary N) is 1. The van der Waals surface area contributed by atoms with Crippen molar-refractivity contribution in [3.63, 3.8) is 0 Å². The molecule has 0 fully saturated rings. The molecule has 0 aromatic heterocycles. The summed E-state index contributed by atoms with van der Waals surface area (Å²) in [4.78, 5) is 13.7. The molecule has 20 heavy (non-hydrogen) atoms. The first kappa shape index (κ1) is 14.7. The van der Waals surface area contributed by atoms with Gasteiger partial charge in [0.2, 0.25) is 5.91 Å². The Morgan fingerprint density at radius 1 is 1.25 bits per heavy atom. The zero-order valence-corrected chi connectivity index (χ0v) is 11.8. The van der Waals surface area contributed by atoms with Crippen LogP contribution in [0.25, 0.3) is 0 Å². The average molecular weight is 286 g/mol. The van der Waals surface area contributed by atoms with E-state index in [9.17, 15) is 18.0 Å². The van der Waals surface area contributed by atoms with Crippen LogP contribution in [0.15, 0.2) is 18.2 Å². The molecule has 0 atom stereocenters. The summed E-state index contributed by atoms with van der Waals surface area (Å²) in [5.41, 5.74) is -1.52. The lowest BCUT2D eigenvalue weighted by molar-refractivity contribution is -0.137. The Balaban J connectivity index is 2.74. The summed E-state index contributed by atoms with van der Waals surface area (Å²) in [7, 11) is 0. The smallest absolute Gasteiger partial charge is 0.353 e. The number of fused-ring (bicyclic) bond motifs is 1. The van der Waals surface area contributed by atoms with Crippen LogP contribution in [-0.4, -0.2) is 17.5 Å². The molecule has 2 rings (SSSR count). The molecule has 3 nitrogen and oxygen atoms in total. The van der Waals surface area contributed by atoms with Gasteiger partial charge in [-0.3, -0.25) is 4.79 Å². The van der Waals surface area contributed by atoms with E-state index in [-0.39, 0.29) is 23.3 Å². The molecule has 6 heteroatoms. The SMILES string of the molecule is CC(C)N1c2c(cccc2C(F)(F)F)NC(=O)C1(C)C. The first-order valence-corrected chi connectivity index (χ1v) is 6.38. The van der Waals surface area contributed by atoms with Crippen molar-refractivity contribution < 1.29 is 18.0 Å². The topological polar surface area (TPSA) is 32.3 Å². The van der Waals surface area contributed by atoms with Gasteiger partial charge >= 0.3 is 6.18 Å². The van der Waals surface area contributed by atoms with E-state index in [1.807, 2.05) is 0 Å². The lowest BCUT2D eigenvalue weighted by Crippen LogP contribution is -2.59. The van der Waals surface area contributed by atoms with Gasteiger partial charge in [0.1, 0.15) is 5.54 Å². The fourth-order valence-electron chi connectivity index (χ4n) is 2.70. The number of carbonyl (C=O) groups excluding carboxylic acids is 1. The minimum atomic E-state index is -4.46. The number of benzene rings is 1. The van der Waals surface area contributed by atoms with Crippen molar-refractivity contribution in [1.29, 1.82) is 0 Å². The van der Waals surface area contributed by atoms with Crippen LogP contribution in [0.1, 0.15) is 33.3 Å². The second-order valence-electron chi connectivity index (χ2n) is 5.68. The predicted molar refractivity (Wildman–Crippen MR) is 71.8 cm³/mol. The highest BCUT2D eigenvalue weighted by Crippen LogP contribution is 2.46. The average Bonchev–Trinajstić information content (AvgIpc) is 2.27. The van der Waals surface area contributed by atoms with Gasteiger partial charge in [0.25, 0.3) is 0 Å². The van der Waals surface area contributed by atoms with Crippen LogP contribution in [0.5, 0.6) is 0 Å². The van der Waals surface area contributed by atoms with Crippen molar-refractivity contribution in [3.8, 4) is 0 Å². The highest BCUT2D eigenvalue weighted by Gasteiger charge is 2.46. The fourth-order valence-corrected chi connectivity index (χ4v) is 2.70. The van der Waals surface area contributed by atoms with Crippen molar-refractivity contribution in [1.82, 2.24) is 0 Å². The molecule has 1 aromatic carbocycles. The molecule has 0 unspecified atom stereocenters. The van der Waals surface area contributed by atoms with Crippen molar-refractivity contribution in [3.05, 3.63) is 23.8 Å². The van der Waals surface area contributed by atoms with E-state index in [1.165, 1.54) is 17.0 Å². The van der Waals surface area contributed by atoms with Gasteiger partial charge in [0.15, 0.2) is 0 Å². The number of alkyl halides is 3. The van der Waals surface area contributed by atoms with Gasteiger partial charge in [-0.25, -0.2) is 0 Å². The van der Waals surface area contributed by atoms with Crippen LogP contribution in [0.3, 0.4) is 0 Å². The number of anilines is 2. The van der Waals surface area contributed by atoms with Crippen molar-refractivity contribution in [2.24, 2.45) is 0 Å². The zero-order valence-electron chi connectivity index (χ0n) is 11.8. The van der Waals surface area contributed by atoms with Crippen molar-refractivity contribution >= 4 is 17.3 Å². The molecule has 1 aromatic rings. The molecule has 1 aliphatic rings. The molecule has 1 N–H and O–H groups in total. The van der Waals surface area contributed by atoms with E-state index < -0.39 is 17.3 Å². The predicted octanol–water partition coefficient (Wildman–Crippen LogP) is 3.65. The first-order chi connectivity index (χ1) is 9.06. The van der Waals surface area contributed by atoms with Gasteiger partial charge in [-0.05, 0) is 39.8 Å². The van der Waals surface area contributed by atoms with Crippen molar-refractivity contribution in [2.75, 3.05) is 10.2 Å². The molecule has 110 valence electrons. The minimum absolute atomic E-state index is 0.0413. The van der Waals surface area contributed by atoms with E-state index in [0.717, 1.165) is 6.07 Å². The maximum atomic E-state index is 13.2. The lowest BCUT2D eigenvalue weighted by atomic mass is 9.92. The third-order valence-electron chi connectivity index (χ3n) is 3.50. The van der Waals surface area contributed by atoms with Crippen molar-refractivity contribution in [2.45, 2.75) is 45.5 Å². The molecular weight excluding hydrogens is 269 g/mol. The second-order valence-corrected chi connectivity index (χ2v) is 5.68. The molecular formula is C14H17F3N2O.